The number of imidazole rings is 1. The second-order valence-corrected chi connectivity index (χ2v) is 9.89. The van der Waals surface area contributed by atoms with Crippen molar-refractivity contribution in [3.05, 3.63) is 77.7 Å². The minimum Gasteiger partial charge on any atom is -0.393 e. The number of hydrogen-bond donors (Lipinski definition) is 1. The number of rotatable bonds is 7. The highest BCUT2D eigenvalue weighted by atomic mass is 32.2. The van der Waals surface area contributed by atoms with Crippen LogP contribution >= 0.6 is 0 Å². The summed E-state index contributed by atoms with van der Waals surface area (Å²) in [6, 6.07) is 18.1. The summed E-state index contributed by atoms with van der Waals surface area (Å²) in [5.41, 5.74) is 5.10. The Morgan fingerprint density at radius 1 is 1.15 bits per heavy atom. The molecule has 0 spiro atoms. The number of nitrogens with zero attached hydrogens (tertiary/aromatic N) is 2. The Morgan fingerprint density at radius 3 is 2.52 bits per heavy atom. The van der Waals surface area contributed by atoms with Crippen LogP contribution in [-0.4, -0.2) is 37.1 Å². The first kappa shape index (κ1) is 19.4. The molecule has 0 radical (unpaired) electrons. The number of aliphatic hydroxyl groups is 1. The topological polar surface area (TPSA) is 55.1 Å². The monoisotopic (exact) mass is 382 g/mol. The smallest absolute Gasteiger partial charge is 0.0959 e. The second kappa shape index (κ2) is 8.11. The summed E-state index contributed by atoms with van der Waals surface area (Å²) >= 11 is 0. The van der Waals surface area contributed by atoms with Crippen LogP contribution in [0.5, 0.6) is 0 Å². The third kappa shape index (κ3) is 5.31. The second-order valence-electron chi connectivity index (χ2n) is 7.24. The van der Waals surface area contributed by atoms with Crippen molar-refractivity contribution in [1.82, 2.24) is 9.55 Å². The van der Waals surface area contributed by atoms with Crippen molar-refractivity contribution in [2.24, 2.45) is 0 Å². The van der Waals surface area contributed by atoms with Gasteiger partial charge in [-0.1, -0.05) is 54.6 Å². The van der Waals surface area contributed by atoms with Gasteiger partial charge < -0.3 is 9.67 Å². The Hall–Kier alpha value is -2.37. The molecule has 0 fully saturated rings. The SMILES string of the molecule is C=S(C)(=O)Cc1cccc(Cn2cnc(-c3ccccc3)c2CC(C)O)c1. The van der Waals surface area contributed by atoms with Crippen molar-refractivity contribution in [2.45, 2.75) is 31.7 Å². The largest absolute Gasteiger partial charge is 0.393 e. The van der Waals surface area contributed by atoms with E-state index in [9.17, 15) is 9.32 Å². The van der Waals surface area contributed by atoms with Crippen LogP contribution in [0.15, 0.2) is 60.9 Å². The van der Waals surface area contributed by atoms with Gasteiger partial charge in [0.2, 0.25) is 0 Å². The first-order valence-electron chi connectivity index (χ1n) is 8.97. The van der Waals surface area contributed by atoms with Gasteiger partial charge in [-0.2, -0.15) is 0 Å². The molecule has 27 heavy (non-hydrogen) atoms. The molecule has 142 valence electrons. The van der Waals surface area contributed by atoms with E-state index in [4.69, 9.17) is 0 Å². The number of aromatic nitrogens is 2. The predicted octanol–water partition coefficient (Wildman–Crippen LogP) is 3.37. The zero-order valence-electron chi connectivity index (χ0n) is 15.8. The van der Waals surface area contributed by atoms with Crippen LogP contribution in [0.4, 0.5) is 0 Å². The minimum absolute atomic E-state index is 0.454. The van der Waals surface area contributed by atoms with Gasteiger partial charge in [0.05, 0.1) is 18.1 Å². The Kier molecular flexibility index (Phi) is 5.82. The molecule has 1 heterocycles. The molecule has 0 amide bonds. The van der Waals surface area contributed by atoms with Gasteiger partial charge in [0.25, 0.3) is 0 Å². The number of aliphatic hydroxyl groups excluding tert-OH is 1. The summed E-state index contributed by atoms with van der Waals surface area (Å²) < 4.78 is 14.1. The van der Waals surface area contributed by atoms with Crippen LogP contribution in [-0.2, 0) is 28.2 Å². The first-order valence-corrected chi connectivity index (χ1v) is 11.3. The molecule has 3 rings (SSSR count). The molecule has 0 bridgehead atoms. The van der Waals surface area contributed by atoms with Gasteiger partial charge in [-0.3, -0.25) is 4.21 Å². The molecule has 0 aliphatic heterocycles. The highest BCUT2D eigenvalue weighted by Gasteiger charge is 2.15. The quantitative estimate of drug-likeness (QED) is 0.638. The molecule has 1 aromatic heterocycles. The van der Waals surface area contributed by atoms with E-state index in [0.717, 1.165) is 28.1 Å². The zero-order chi connectivity index (χ0) is 19.4. The standard InChI is InChI=1S/C22H26N2O2S/c1-17(25)12-21-22(20-10-5-4-6-11-20)23-16-24(21)14-18-8-7-9-19(13-18)15-27(2,3)26/h4-11,13,16-17,25H,2,12,14-15H2,1,3H3. The molecule has 0 saturated heterocycles. The normalized spacial score (nSPS) is 14.6. The van der Waals surface area contributed by atoms with Gasteiger partial charge in [-0.15, -0.1) is 0 Å². The maximum atomic E-state index is 12.0. The number of benzene rings is 2. The average molecular weight is 383 g/mol. The van der Waals surface area contributed by atoms with Gasteiger partial charge in [-0.05, 0) is 33.4 Å². The molecule has 0 saturated carbocycles. The third-order valence-electron chi connectivity index (χ3n) is 4.30. The lowest BCUT2D eigenvalue weighted by atomic mass is 10.1. The predicted molar refractivity (Wildman–Crippen MR) is 113 cm³/mol. The van der Waals surface area contributed by atoms with Crippen LogP contribution in [0.3, 0.4) is 0 Å². The molecule has 2 aromatic carbocycles. The summed E-state index contributed by atoms with van der Waals surface area (Å²) in [4.78, 5) is 4.61. The van der Waals surface area contributed by atoms with Crippen molar-refractivity contribution in [3.8, 4) is 11.3 Å². The van der Waals surface area contributed by atoms with Crippen LogP contribution in [0.1, 0.15) is 23.7 Å². The van der Waals surface area contributed by atoms with Crippen molar-refractivity contribution in [1.29, 1.82) is 0 Å². The summed E-state index contributed by atoms with van der Waals surface area (Å²) in [7, 11) is -2.07. The molecule has 4 nitrogen and oxygen atoms in total. The van der Waals surface area contributed by atoms with Gasteiger partial charge in [-0.25, -0.2) is 4.98 Å². The Balaban J connectivity index is 1.93. The first-order chi connectivity index (χ1) is 12.8. The van der Waals surface area contributed by atoms with Crippen molar-refractivity contribution < 1.29 is 9.32 Å². The zero-order valence-corrected chi connectivity index (χ0v) is 16.7. The van der Waals surface area contributed by atoms with E-state index < -0.39 is 15.6 Å². The summed E-state index contributed by atoms with van der Waals surface area (Å²) in [6.07, 6.45) is 3.59. The van der Waals surface area contributed by atoms with Gasteiger partial charge >= 0.3 is 0 Å². The molecule has 2 atom stereocenters. The van der Waals surface area contributed by atoms with Crippen LogP contribution in [0.2, 0.25) is 0 Å². The lowest BCUT2D eigenvalue weighted by Crippen LogP contribution is -2.12. The Labute approximate surface area is 161 Å². The molecule has 5 heteroatoms. The lowest BCUT2D eigenvalue weighted by Gasteiger charge is -2.13. The molecule has 2 unspecified atom stereocenters. The lowest BCUT2D eigenvalue weighted by molar-refractivity contribution is 0.193. The van der Waals surface area contributed by atoms with Crippen molar-refractivity contribution in [2.75, 3.05) is 6.26 Å². The van der Waals surface area contributed by atoms with Crippen LogP contribution < -0.4 is 0 Å². The average Bonchev–Trinajstić information content (AvgIpc) is 2.96. The van der Waals surface area contributed by atoms with Crippen molar-refractivity contribution in [3.63, 3.8) is 0 Å². The van der Waals surface area contributed by atoms with E-state index in [2.05, 4.69) is 27.6 Å². The molecule has 3 aromatic rings. The summed E-state index contributed by atoms with van der Waals surface area (Å²) in [6.45, 7) is 2.44. The highest BCUT2D eigenvalue weighted by molar-refractivity contribution is 7.98. The number of hydrogen-bond acceptors (Lipinski definition) is 3. The summed E-state index contributed by atoms with van der Waals surface area (Å²) in [5.74, 6) is 4.22. The molecule has 0 aliphatic rings. The maximum Gasteiger partial charge on any atom is 0.0959 e. The fourth-order valence-electron chi connectivity index (χ4n) is 3.24. The van der Waals surface area contributed by atoms with E-state index in [1.54, 1.807) is 13.2 Å². The fourth-order valence-corrected chi connectivity index (χ4v) is 4.13. The third-order valence-corrected chi connectivity index (χ3v) is 5.24. The highest BCUT2D eigenvalue weighted by Crippen LogP contribution is 2.24. The summed E-state index contributed by atoms with van der Waals surface area (Å²) in [5, 5.41) is 9.98. The molecular formula is C22H26N2O2S. The van der Waals surface area contributed by atoms with Gasteiger partial charge in [0.15, 0.2) is 0 Å². The van der Waals surface area contributed by atoms with Gasteiger partial charge in [0.1, 0.15) is 0 Å². The minimum atomic E-state index is -2.07. The van der Waals surface area contributed by atoms with E-state index in [0.29, 0.717) is 18.7 Å². The molecule has 1 N–H and O–H groups in total. The fraction of sp³-hybridized carbons (Fsp3) is 0.273. The Morgan fingerprint density at radius 2 is 1.85 bits per heavy atom. The van der Waals surface area contributed by atoms with E-state index >= 15 is 0 Å². The molecule has 0 aliphatic carbocycles. The van der Waals surface area contributed by atoms with Gasteiger partial charge in [0, 0.05) is 36.2 Å². The van der Waals surface area contributed by atoms with E-state index in [1.807, 2.05) is 48.8 Å². The Bertz CT molecular complexity index is 1010. The van der Waals surface area contributed by atoms with E-state index in [1.165, 1.54) is 0 Å². The van der Waals surface area contributed by atoms with Crippen molar-refractivity contribution >= 4 is 15.4 Å². The molecular weight excluding hydrogens is 356 g/mol. The maximum absolute atomic E-state index is 12.0. The van der Waals surface area contributed by atoms with E-state index in [-0.39, 0.29) is 0 Å². The van der Waals surface area contributed by atoms with Crippen LogP contribution in [0, 0.1) is 0 Å². The van der Waals surface area contributed by atoms with Crippen LogP contribution in [0.25, 0.3) is 11.3 Å².